The molecule has 6 heteroatoms. The Hall–Kier alpha value is -3.40. The van der Waals surface area contributed by atoms with E-state index in [1.807, 2.05) is 13.8 Å². The van der Waals surface area contributed by atoms with Crippen molar-refractivity contribution in [3.05, 3.63) is 165 Å². The van der Waals surface area contributed by atoms with Crippen molar-refractivity contribution in [2.24, 2.45) is 0 Å². The molecule has 8 rings (SSSR count). The standard InChI is InChI=1S/2C22H19O.C2H6Si.2ClH.Zr/c2*1-14-9-10-18-12-19(21-11-15(2)16(3)23-21)13-20(18)22(14)17-7-5-4-6-8-17;1-3-2;;;/h2*4-13H,1-3H3;1-2H3;2*1H;/q;;;;;+2/p-2. The zero-order valence-electron chi connectivity index (χ0n) is 31.1. The Bertz CT molecular complexity index is 2350. The molecule has 0 saturated carbocycles. The van der Waals surface area contributed by atoms with Gasteiger partial charge in [0.05, 0.1) is 0 Å². The van der Waals surface area contributed by atoms with Crippen LogP contribution >= 0.6 is 17.0 Å². The van der Waals surface area contributed by atoms with Gasteiger partial charge in [-0.3, -0.25) is 0 Å². The van der Waals surface area contributed by atoms with Crippen molar-refractivity contribution in [3.63, 3.8) is 0 Å². The van der Waals surface area contributed by atoms with Crippen molar-refractivity contribution >= 4 is 45.8 Å². The van der Waals surface area contributed by atoms with Crippen molar-refractivity contribution in [2.75, 3.05) is 0 Å². The van der Waals surface area contributed by atoms with E-state index in [1.54, 1.807) is 0 Å². The molecular formula is C46H44Cl2O2SiZr. The number of fused-ring (bicyclic) bond motifs is 2. The van der Waals surface area contributed by atoms with E-state index in [0.717, 1.165) is 45.3 Å². The Morgan fingerprint density at radius 3 is 1.23 bits per heavy atom. The van der Waals surface area contributed by atoms with Crippen molar-refractivity contribution < 1.29 is 23.8 Å². The molecule has 0 amide bonds. The Balaban J connectivity index is 1.48. The number of aryl methyl sites for hydroxylation is 6. The first-order valence-corrected chi connectivity index (χ1v) is 33.5. The molecule has 262 valence electrons. The van der Waals surface area contributed by atoms with Gasteiger partial charge in [0.1, 0.15) is 0 Å². The summed E-state index contributed by atoms with van der Waals surface area (Å²) in [6, 6.07) is 34.9. The molecule has 0 spiro atoms. The molecule has 2 aliphatic rings. The van der Waals surface area contributed by atoms with Gasteiger partial charge in [-0.15, -0.1) is 0 Å². The molecule has 0 aliphatic heterocycles. The summed E-state index contributed by atoms with van der Waals surface area (Å²) >= 11 is -5.35. The van der Waals surface area contributed by atoms with Gasteiger partial charge in [-0.2, -0.15) is 0 Å². The van der Waals surface area contributed by atoms with Crippen LogP contribution in [0.3, 0.4) is 0 Å². The van der Waals surface area contributed by atoms with Crippen molar-refractivity contribution in [1.82, 2.24) is 0 Å². The molecule has 2 aromatic heterocycles. The topological polar surface area (TPSA) is 26.3 Å². The molecule has 2 unspecified atom stereocenters. The Kier molecular flexibility index (Phi) is 8.82. The molecule has 0 radical (unpaired) electrons. The normalized spacial score (nSPS) is 16.8. The number of hydrogen-bond acceptors (Lipinski definition) is 2. The molecule has 52 heavy (non-hydrogen) atoms. The SMILES string of the molecule is Cc1cc(C2=Cc3c(ccc(C)c3-c3ccccc3)[CH]2[Zr]([Cl])([Cl])([CH]2C(c3cc(C)c(C)o3)=Cc3c2ccc(C)c3-c2ccccc2)=[Si](C)C)oc1C. The quantitative estimate of drug-likeness (QED) is 0.157. The molecule has 2 heterocycles. The number of allylic oxidation sites excluding steroid dienone is 2. The first-order valence-electron chi connectivity index (χ1n) is 18.1. The van der Waals surface area contributed by atoms with Crippen LogP contribution in [0.4, 0.5) is 0 Å². The Labute approximate surface area is 316 Å². The van der Waals surface area contributed by atoms with Gasteiger partial charge in [0.2, 0.25) is 0 Å². The van der Waals surface area contributed by atoms with E-state index in [2.05, 4.69) is 150 Å². The summed E-state index contributed by atoms with van der Waals surface area (Å²) in [5.74, 6) is 3.55. The maximum atomic E-state index is 8.91. The molecule has 2 atom stereocenters. The molecule has 4 aromatic carbocycles. The van der Waals surface area contributed by atoms with Crippen LogP contribution in [-0.4, -0.2) is 5.43 Å². The first kappa shape index (κ1) is 35.6. The summed E-state index contributed by atoms with van der Waals surface area (Å²) < 4.78 is 12.8. The summed E-state index contributed by atoms with van der Waals surface area (Å²) in [7, 11) is 17.8. The molecule has 2 nitrogen and oxygen atoms in total. The van der Waals surface area contributed by atoms with E-state index in [1.165, 1.54) is 55.6 Å². The summed E-state index contributed by atoms with van der Waals surface area (Å²) in [5.41, 5.74) is 15.2. The molecular weight excluding hydrogens is 775 g/mol. The van der Waals surface area contributed by atoms with Crippen LogP contribution in [0, 0.1) is 41.5 Å². The monoisotopic (exact) mass is 816 g/mol. The van der Waals surface area contributed by atoms with E-state index in [4.69, 9.17) is 25.9 Å². The van der Waals surface area contributed by atoms with Gasteiger partial charge in [-0.05, 0) is 0 Å². The van der Waals surface area contributed by atoms with Crippen LogP contribution in [0.1, 0.15) is 74.8 Å². The van der Waals surface area contributed by atoms with Crippen molar-refractivity contribution in [1.29, 1.82) is 0 Å². The summed E-state index contributed by atoms with van der Waals surface area (Å²) in [6.07, 6.45) is 4.72. The van der Waals surface area contributed by atoms with Crippen LogP contribution in [0.25, 0.3) is 45.6 Å². The summed E-state index contributed by atoms with van der Waals surface area (Å²) in [4.78, 5) is 0. The number of hydrogen-bond donors (Lipinski definition) is 0. The van der Waals surface area contributed by atoms with Crippen molar-refractivity contribution in [2.45, 2.75) is 61.9 Å². The zero-order valence-corrected chi connectivity index (χ0v) is 36.1. The molecule has 0 fully saturated rings. The summed E-state index contributed by atoms with van der Waals surface area (Å²) in [5, 5.41) is 0. The number of rotatable bonds is 6. The maximum absolute atomic E-state index is 8.91. The molecule has 0 N–H and O–H groups in total. The number of halogens is 2. The van der Waals surface area contributed by atoms with E-state index in [0.29, 0.717) is 0 Å². The average Bonchev–Trinajstić information content (AvgIpc) is 3.89. The molecule has 2 aliphatic carbocycles. The molecule has 6 aromatic rings. The Morgan fingerprint density at radius 1 is 0.519 bits per heavy atom. The van der Waals surface area contributed by atoms with E-state index >= 15 is 0 Å². The minimum absolute atomic E-state index is 0.213. The summed E-state index contributed by atoms with van der Waals surface area (Å²) in [6.45, 7) is 17.4. The third kappa shape index (κ3) is 5.35. The third-order valence-corrected chi connectivity index (χ3v) is 58.1. The van der Waals surface area contributed by atoms with Gasteiger partial charge in [-0.1, -0.05) is 0 Å². The van der Waals surface area contributed by atoms with Gasteiger partial charge in [0.15, 0.2) is 0 Å². The molecule has 0 bridgehead atoms. The van der Waals surface area contributed by atoms with E-state index in [-0.39, 0.29) is 7.25 Å². The average molecular weight is 819 g/mol. The van der Waals surface area contributed by atoms with Crippen molar-refractivity contribution in [3.8, 4) is 22.3 Å². The minimum atomic E-state index is -5.35. The van der Waals surface area contributed by atoms with Crippen LogP contribution in [-0.2, 0) is 15.0 Å². The fourth-order valence-corrected chi connectivity index (χ4v) is 36.5. The van der Waals surface area contributed by atoms with Crippen LogP contribution in [0.2, 0.25) is 13.1 Å². The predicted molar refractivity (Wildman–Crippen MR) is 220 cm³/mol. The van der Waals surface area contributed by atoms with Gasteiger partial charge in [-0.25, -0.2) is 0 Å². The number of benzene rings is 4. The van der Waals surface area contributed by atoms with Crippen LogP contribution in [0.5, 0.6) is 0 Å². The Morgan fingerprint density at radius 2 is 0.904 bits per heavy atom. The molecule has 0 saturated heterocycles. The van der Waals surface area contributed by atoms with Gasteiger partial charge >= 0.3 is 318 Å². The van der Waals surface area contributed by atoms with Gasteiger partial charge in [0.25, 0.3) is 0 Å². The number of furan rings is 2. The fourth-order valence-electron chi connectivity index (χ4n) is 8.83. The second-order valence-electron chi connectivity index (χ2n) is 15.2. The van der Waals surface area contributed by atoms with Gasteiger partial charge < -0.3 is 0 Å². The van der Waals surface area contributed by atoms with E-state index in [9.17, 15) is 0 Å². The fraction of sp³-hybridized carbons (Fsp3) is 0.217. The second-order valence-corrected chi connectivity index (χ2v) is 54.0. The predicted octanol–water partition coefficient (Wildman–Crippen LogP) is 14.2. The van der Waals surface area contributed by atoms with Crippen LogP contribution < -0.4 is 0 Å². The van der Waals surface area contributed by atoms with E-state index < -0.39 is 20.4 Å². The second kappa shape index (κ2) is 12.9. The first-order chi connectivity index (χ1) is 24.8. The third-order valence-electron chi connectivity index (χ3n) is 11.9. The van der Waals surface area contributed by atoms with Crippen LogP contribution in [0.15, 0.2) is 106 Å². The zero-order chi connectivity index (χ0) is 36.7. The van der Waals surface area contributed by atoms with Gasteiger partial charge in [0, 0.05) is 0 Å².